The zero-order valence-electron chi connectivity index (χ0n) is 25.0. The van der Waals surface area contributed by atoms with Crippen molar-refractivity contribution in [2.45, 2.75) is 6.42 Å². The molecule has 16 nitrogen and oxygen atoms in total. The summed E-state index contributed by atoms with van der Waals surface area (Å²) < 4.78 is 5.26. The Morgan fingerprint density at radius 1 is 0.750 bits per heavy atom. The van der Waals surface area contributed by atoms with Gasteiger partial charge in [0, 0.05) is 46.3 Å². The van der Waals surface area contributed by atoms with Gasteiger partial charge in [0.05, 0.1) is 23.3 Å². The van der Waals surface area contributed by atoms with E-state index in [1.807, 2.05) is 19.0 Å². The monoisotopic (exact) mass is 606 g/mol. The van der Waals surface area contributed by atoms with E-state index in [4.69, 9.17) is 0 Å². The van der Waals surface area contributed by atoms with Crippen molar-refractivity contribution in [3.63, 3.8) is 0 Å². The third-order valence-electron chi connectivity index (χ3n) is 6.69. The molecule has 4 heterocycles. The van der Waals surface area contributed by atoms with E-state index < -0.39 is 22.8 Å². The fourth-order valence-corrected chi connectivity index (χ4v) is 4.54. The maximum atomic E-state index is 13.0. The summed E-state index contributed by atoms with van der Waals surface area (Å²) in [5.74, 6) is -1.91. The van der Waals surface area contributed by atoms with E-state index in [9.17, 15) is 29.3 Å². The minimum Gasteiger partial charge on any atom is -0.351 e. The van der Waals surface area contributed by atoms with Crippen LogP contribution in [0.25, 0.3) is 0 Å². The number of carbonyl (C=O) groups excluding carboxylic acids is 4. The first-order chi connectivity index (χ1) is 20.8. The summed E-state index contributed by atoms with van der Waals surface area (Å²) >= 11 is 0. The topological polar surface area (TPSA) is 183 Å². The molecule has 4 aromatic rings. The minimum atomic E-state index is -0.724. The van der Waals surface area contributed by atoms with Gasteiger partial charge in [0.1, 0.15) is 17.1 Å². The summed E-state index contributed by atoms with van der Waals surface area (Å²) in [5.41, 5.74) is 1.72. The highest BCUT2D eigenvalue weighted by molar-refractivity contribution is 6.08. The Labute approximate surface area is 252 Å². The van der Waals surface area contributed by atoms with Crippen LogP contribution in [0.3, 0.4) is 0 Å². The molecule has 0 spiro atoms. The fourth-order valence-electron chi connectivity index (χ4n) is 4.54. The van der Waals surface area contributed by atoms with Gasteiger partial charge in [-0.25, -0.2) is 10.1 Å². The minimum absolute atomic E-state index is 0.175. The maximum Gasteiger partial charge on any atom is 0.278 e. The van der Waals surface area contributed by atoms with E-state index in [1.54, 1.807) is 48.7 Å². The second kappa shape index (κ2) is 13.1. The molecule has 16 heteroatoms. The van der Waals surface area contributed by atoms with Gasteiger partial charge in [0.2, 0.25) is 0 Å². The SMILES string of the molecule is CN(C)CCCNC(=O)c1cc(NC(=O)c2cc(NC(=O)c3cc(NC(=O)c4cccn4[N+](=O)[O-])cn3C)cn2C)cn1C. The van der Waals surface area contributed by atoms with E-state index in [-0.39, 0.29) is 28.7 Å². The van der Waals surface area contributed by atoms with Crippen LogP contribution >= 0.6 is 0 Å². The van der Waals surface area contributed by atoms with E-state index in [1.165, 1.54) is 35.0 Å². The van der Waals surface area contributed by atoms with Crippen molar-refractivity contribution in [1.82, 2.24) is 28.6 Å². The van der Waals surface area contributed by atoms with Crippen LogP contribution < -0.4 is 21.3 Å². The van der Waals surface area contributed by atoms with Crippen LogP contribution in [0.5, 0.6) is 0 Å². The molecule has 232 valence electrons. The summed E-state index contributed by atoms with van der Waals surface area (Å²) in [6, 6.07) is 7.20. The van der Waals surface area contributed by atoms with Crippen LogP contribution in [0.4, 0.5) is 17.1 Å². The number of hydrogen-bond acceptors (Lipinski definition) is 7. The van der Waals surface area contributed by atoms with E-state index in [0.29, 0.717) is 28.3 Å². The Morgan fingerprint density at radius 2 is 1.18 bits per heavy atom. The number of anilines is 3. The smallest absolute Gasteiger partial charge is 0.278 e. The fraction of sp³-hybridized carbons (Fsp3) is 0.286. The van der Waals surface area contributed by atoms with Crippen molar-refractivity contribution in [2.75, 3.05) is 43.1 Å². The first-order valence-corrected chi connectivity index (χ1v) is 13.5. The molecule has 0 aliphatic heterocycles. The first-order valence-electron chi connectivity index (χ1n) is 13.5. The second-order valence-electron chi connectivity index (χ2n) is 10.4. The molecule has 4 aromatic heterocycles. The lowest BCUT2D eigenvalue weighted by Crippen LogP contribution is -2.28. The standard InChI is InChI=1S/C28H34N10O6/c1-33(2)10-7-9-29-25(39)22-12-18(15-34(22)3)31-27(41)24-14-20(17-36(24)5)32-28(42)23-13-19(16-35(23)4)30-26(40)21-8-6-11-37(21)38(43)44/h6,8,11-17H,7,9-10H2,1-5H3,(H,29,39)(H,30,40)(H,31,41)(H,32,42). The van der Waals surface area contributed by atoms with Crippen molar-refractivity contribution in [2.24, 2.45) is 21.1 Å². The number of aromatic nitrogens is 4. The second-order valence-corrected chi connectivity index (χ2v) is 10.4. The normalized spacial score (nSPS) is 11.0. The molecule has 44 heavy (non-hydrogen) atoms. The lowest BCUT2D eigenvalue weighted by molar-refractivity contribution is -0.542. The van der Waals surface area contributed by atoms with Gasteiger partial charge in [-0.15, -0.1) is 0 Å². The molecule has 0 atom stereocenters. The van der Waals surface area contributed by atoms with Gasteiger partial charge in [-0.1, -0.05) is 4.68 Å². The highest BCUT2D eigenvalue weighted by atomic mass is 16.7. The molecular formula is C28H34N10O6. The molecule has 0 fully saturated rings. The number of rotatable bonds is 12. The highest BCUT2D eigenvalue weighted by Crippen LogP contribution is 2.20. The van der Waals surface area contributed by atoms with Gasteiger partial charge in [-0.3, -0.25) is 19.2 Å². The van der Waals surface area contributed by atoms with Gasteiger partial charge in [-0.05, 0) is 57.4 Å². The van der Waals surface area contributed by atoms with Gasteiger partial charge in [-0.2, -0.15) is 0 Å². The molecule has 0 bridgehead atoms. The van der Waals surface area contributed by atoms with Crippen molar-refractivity contribution < 1.29 is 24.2 Å². The number of nitrogens with zero attached hydrogens (tertiary/aromatic N) is 6. The summed E-state index contributed by atoms with van der Waals surface area (Å²) in [6.07, 6.45) is 6.66. The zero-order chi connectivity index (χ0) is 32.1. The largest absolute Gasteiger partial charge is 0.351 e. The van der Waals surface area contributed by atoms with Crippen molar-refractivity contribution in [1.29, 1.82) is 0 Å². The summed E-state index contributed by atoms with van der Waals surface area (Å²) in [7, 11) is 8.90. The maximum absolute atomic E-state index is 13.0. The molecule has 0 saturated heterocycles. The average molecular weight is 607 g/mol. The summed E-state index contributed by atoms with van der Waals surface area (Å²) in [4.78, 5) is 64.3. The molecule has 0 aliphatic carbocycles. The predicted octanol–water partition coefficient (Wildman–Crippen LogP) is 1.98. The summed E-state index contributed by atoms with van der Waals surface area (Å²) in [6.45, 7) is 1.38. The van der Waals surface area contributed by atoms with Crippen LogP contribution in [0.2, 0.25) is 0 Å². The lowest BCUT2D eigenvalue weighted by Gasteiger charge is -2.10. The Balaban J connectivity index is 1.38. The molecule has 4 amide bonds. The summed E-state index contributed by atoms with van der Waals surface area (Å²) in [5, 5.41) is 21.3. The number of hydrogen-bond donors (Lipinski definition) is 4. The van der Waals surface area contributed by atoms with Crippen LogP contribution in [-0.4, -0.2) is 79.1 Å². The van der Waals surface area contributed by atoms with Gasteiger partial charge in [0.15, 0.2) is 10.7 Å². The van der Waals surface area contributed by atoms with Crippen LogP contribution in [0.15, 0.2) is 55.1 Å². The lowest BCUT2D eigenvalue weighted by atomic mass is 10.3. The van der Waals surface area contributed by atoms with E-state index in [0.717, 1.165) is 19.2 Å². The Hall–Kier alpha value is -5.64. The zero-order valence-corrected chi connectivity index (χ0v) is 25.0. The predicted molar refractivity (Wildman–Crippen MR) is 162 cm³/mol. The van der Waals surface area contributed by atoms with Gasteiger partial charge < -0.3 is 39.9 Å². The Bertz CT molecular complexity index is 1720. The molecule has 0 radical (unpaired) electrons. The molecule has 0 aliphatic rings. The average Bonchev–Trinajstić information content (AvgIpc) is 3.73. The molecular weight excluding hydrogens is 572 g/mol. The molecule has 0 saturated carbocycles. The highest BCUT2D eigenvalue weighted by Gasteiger charge is 2.21. The Kier molecular flexibility index (Phi) is 9.33. The van der Waals surface area contributed by atoms with Crippen LogP contribution in [0.1, 0.15) is 48.4 Å². The molecule has 0 unspecified atom stereocenters. The third-order valence-corrected chi connectivity index (χ3v) is 6.69. The number of aryl methyl sites for hydroxylation is 3. The van der Waals surface area contributed by atoms with Crippen LogP contribution in [-0.2, 0) is 21.1 Å². The molecule has 4 rings (SSSR count). The number of nitro groups is 1. The van der Waals surface area contributed by atoms with Crippen molar-refractivity contribution in [3.05, 3.63) is 88.0 Å². The first kappa shape index (κ1) is 31.3. The van der Waals surface area contributed by atoms with E-state index in [2.05, 4.69) is 21.3 Å². The van der Waals surface area contributed by atoms with Crippen molar-refractivity contribution in [3.8, 4) is 0 Å². The van der Waals surface area contributed by atoms with Gasteiger partial charge >= 0.3 is 0 Å². The third kappa shape index (κ3) is 7.22. The van der Waals surface area contributed by atoms with Crippen molar-refractivity contribution >= 4 is 40.7 Å². The van der Waals surface area contributed by atoms with Crippen LogP contribution in [0, 0.1) is 10.1 Å². The quantitative estimate of drug-likeness (QED) is 0.108. The number of carbonyl (C=O) groups is 4. The molecule has 0 aromatic carbocycles. The van der Waals surface area contributed by atoms with E-state index >= 15 is 0 Å². The number of nitrogens with one attached hydrogen (secondary N) is 4. The van der Waals surface area contributed by atoms with Gasteiger partial charge in [0.25, 0.3) is 23.6 Å². The Morgan fingerprint density at radius 3 is 1.61 bits per heavy atom. The molecule has 4 N–H and O–H groups in total. The number of amides is 4.